The Bertz CT molecular complexity index is 1450. The normalized spacial score (nSPS) is 20.4. The zero-order valence-electron chi connectivity index (χ0n) is 23.6. The van der Waals surface area contributed by atoms with Gasteiger partial charge in [-0.3, -0.25) is 9.69 Å². The summed E-state index contributed by atoms with van der Waals surface area (Å²) in [4.78, 5) is 20.9. The number of piperazine rings is 1. The molecule has 1 saturated heterocycles. The Balaban J connectivity index is 1.08. The van der Waals surface area contributed by atoms with Crippen LogP contribution in [0, 0.1) is 11.7 Å². The number of allylic oxidation sites excluding steroid dienone is 1. The Hall–Kier alpha value is -3.55. The van der Waals surface area contributed by atoms with Crippen LogP contribution < -0.4 is 15.1 Å². The number of amides is 1. The van der Waals surface area contributed by atoms with E-state index in [2.05, 4.69) is 64.5 Å². The van der Waals surface area contributed by atoms with Gasteiger partial charge in [-0.15, -0.1) is 0 Å². The summed E-state index contributed by atoms with van der Waals surface area (Å²) in [6, 6.07) is 23.4. The fraction of sp³-hybridized carbons (Fsp3) is 0.353. The molecule has 2 aliphatic heterocycles. The molecule has 1 amide bonds. The van der Waals surface area contributed by atoms with E-state index in [0.717, 1.165) is 56.2 Å². The average molecular weight is 569 g/mol. The van der Waals surface area contributed by atoms with Crippen LogP contribution in [0.15, 0.2) is 84.4 Å². The molecule has 3 aromatic carbocycles. The van der Waals surface area contributed by atoms with Gasteiger partial charge in [-0.05, 0) is 62.2 Å². The van der Waals surface area contributed by atoms with Gasteiger partial charge in [0.05, 0.1) is 11.5 Å². The maximum absolute atomic E-state index is 14.6. The molecule has 2 atom stereocenters. The van der Waals surface area contributed by atoms with Crippen LogP contribution in [0.4, 0.5) is 15.8 Å². The number of nitrogens with zero attached hydrogens (tertiary/aromatic N) is 3. The fourth-order valence-corrected chi connectivity index (χ4v) is 6.87. The Labute approximate surface area is 247 Å². The Morgan fingerprint density at radius 3 is 2.54 bits per heavy atom. The summed E-state index contributed by atoms with van der Waals surface area (Å²) in [7, 11) is 0. The molecule has 5 nitrogen and oxygen atoms in total. The lowest BCUT2D eigenvalue weighted by atomic mass is 9.82. The van der Waals surface area contributed by atoms with E-state index < -0.39 is 0 Å². The van der Waals surface area contributed by atoms with Crippen LogP contribution in [-0.4, -0.2) is 55.1 Å². The molecule has 7 heteroatoms. The van der Waals surface area contributed by atoms with E-state index in [1.807, 2.05) is 23.1 Å². The molecule has 0 spiro atoms. The van der Waals surface area contributed by atoms with Crippen molar-refractivity contribution >= 4 is 34.5 Å². The highest BCUT2D eigenvalue weighted by Gasteiger charge is 2.40. The van der Waals surface area contributed by atoms with Crippen molar-refractivity contribution in [1.82, 2.24) is 10.2 Å². The number of thiocarbonyl (C=S) groups is 1. The van der Waals surface area contributed by atoms with Gasteiger partial charge in [0.1, 0.15) is 5.82 Å². The molecular weight excluding hydrogens is 531 g/mol. The van der Waals surface area contributed by atoms with E-state index in [-0.39, 0.29) is 23.6 Å². The summed E-state index contributed by atoms with van der Waals surface area (Å²) in [5, 5.41) is 3.12. The predicted octanol–water partition coefficient (Wildman–Crippen LogP) is 6.17. The number of anilines is 2. The molecule has 1 N–H and O–H groups in total. The number of para-hydroxylation sites is 1. The molecule has 6 rings (SSSR count). The third kappa shape index (κ3) is 5.92. The van der Waals surface area contributed by atoms with E-state index in [9.17, 15) is 9.18 Å². The van der Waals surface area contributed by atoms with E-state index in [1.54, 1.807) is 12.1 Å². The molecule has 0 aromatic heterocycles. The first kappa shape index (κ1) is 27.6. The molecule has 212 valence electrons. The minimum atomic E-state index is -0.243. The van der Waals surface area contributed by atoms with Crippen LogP contribution in [0.5, 0.6) is 0 Å². The van der Waals surface area contributed by atoms with Crippen molar-refractivity contribution in [2.45, 2.75) is 32.2 Å². The van der Waals surface area contributed by atoms with E-state index in [4.69, 9.17) is 12.2 Å². The molecule has 3 aliphatic rings. The Morgan fingerprint density at radius 2 is 1.76 bits per heavy atom. The first-order chi connectivity index (χ1) is 20.0. The first-order valence-electron chi connectivity index (χ1n) is 14.6. The Kier molecular flexibility index (Phi) is 8.17. The number of benzene rings is 3. The van der Waals surface area contributed by atoms with Crippen LogP contribution in [0.1, 0.15) is 47.2 Å². The predicted molar refractivity (Wildman–Crippen MR) is 168 cm³/mol. The van der Waals surface area contributed by atoms with Crippen LogP contribution in [0.2, 0.25) is 0 Å². The molecule has 2 heterocycles. The summed E-state index contributed by atoms with van der Waals surface area (Å²) in [6.45, 7) is 8.18. The topological polar surface area (TPSA) is 38.8 Å². The molecule has 41 heavy (non-hydrogen) atoms. The monoisotopic (exact) mass is 568 g/mol. The van der Waals surface area contributed by atoms with Crippen molar-refractivity contribution < 1.29 is 9.18 Å². The van der Waals surface area contributed by atoms with Crippen molar-refractivity contribution in [2.24, 2.45) is 5.92 Å². The lowest BCUT2D eigenvalue weighted by Gasteiger charge is -2.39. The number of hydrogen-bond donors (Lipinski definition) is 1. The van der Waals surface area contributed by atoms with Gasteiger partial charge < -0.3 is 15.1 Å². The summed E-state index contributed by atoms with van der Waals surface area (Å²) in [5.74, 6) is 0.0705. The highest BCUT2D eigenvalue weighted by atomic mass is 32.1. The number of hydrogen-bond acceptors (Lipinski definition) is 4. The summed E-state index contributed by atoms with van der Waals surface area (Å²) >= 11 is 5.98. The average Bonchev–Trinajstić information content (AvgIpc) is 3.40. The van der Waals surface area contributed by atoms with Crippen molar-refractivity contribution in [3.05, 3.63) is 107 Å². The third-order valence-electron chi connectivity index (χ3n) is 8.69. The molecule has 0 bridgehead atoms. The van der Waals surface area contributed by atoms with Gasteiger partial charge in [-0.1, -0.05) is 66.3 Å². The zero-order valence-corrected chi connectivity index (χ0v) is 24.4. The van der Waals surface area contributed by atoms with Gasteiger partial charge in [0.25, 0.3) is 5.91 Å². The molecular formula is C34H37FN4OS. The lowest BCUT2D eigenvalue weighted by molar-refractivity contribution is 0.0951. The van der Waals surface area contributed by atoms with Crippen LogP contribution >= 0.6 is 12.2 Å². The minimum Gasteiger partial charge on any atom is -0.369 e. The number of fused-ring (bicyclic) bond motifs is 3. The Morgan fingerprint density at radius 1 is 1.00 bits per heavy atom. The van der Waals surface area contributed by atoms with E-state index >= 15 is 0 Å². The van der Waals surface area contributed by atoms with Gasteiger partial charge in [-0.25, -0.2) is 4.39 Å². The van der Waals surface area contributed by atoms with Crippen LogP contribution in [0.25, 0.3) is 0 Å². The van der Waals surface area contributed by atoms with Gasteiger partial charge >= 0.3 is 0 Å². The highest BCUT2D eigenvalue weighted by molar-refractivity contribution is 7.80. The summed E-state index contributed by atoms with van der Waals surface area (Å²) in [6.07, 6.45) is 4.11. The van der Waals surface area contributed by atoms with Crippen molar-refractivity contribution in [1.29, 1.82) is 0 Å². The van der Waals surface area contributed by atoms with Crippen molar-refractivity contribution in [3.8, 4) is 0 Å². The fourth-order valence-electron chi connectivity index (χ4n) is 6.48. The second-order valence-corrected chi connectivity index (χ2v) is 11.8. The quantitative estimate of drug-likeness (QED) is 0.200. The van der Waals surface area contributed by atoms with Gasteiger partial charge in [-0.2, -0.15) is 0 Å². The standard InChI is InChI=1S/C34H37FN4OS/c1-24-20-29-28-13-12-25(22-32(28)39(34(41)30(29)21-24)23-26-8-5-6-11-31(26)35)33(40)36-14-7-15-37-16-18-38(19-17-37)27-9-3-2-4-10-27/h2-6,8-13,21-22,29-30H,7,14-20,23H2,1H3,(H,36,40). The van der Waals surface area contributed by atoms with Crippen LogP contribution in [-0.2, 0) is 6.54 Å². The van der Waals surface area contributed by atoms with Gasteiger partial charge in [0, 0.05) is 67.1 Å². The van der Waals surface area contributed by atoms with Gasteiger partial charge in [0.2, 0.25) is 0 Å². The lowest BCUT2D eigenvalue weighted by Crippen LogP contribution is -2.47. The minimum absolute atomic E-state index is 0.0821. The molecule has 2 unspecified atom stereocenters. The van der Waals surface area contributed by atoms with Crippen molar-refractivity contribution in [3.63, 3.8) is 0 Å². The second kappa shape index (κ2) is 12.1. The zero-order chi connectivity index (χ0) is 28.3. The molecule has 1 aliphatic carbocycles. The largest absolute Gasteiger partial charge is 0.369 e. The summed E-state index contributed by atoms with van der Waals surface area (Å²) in [5.41, 5.74) is 5.92. The molecule has 0 radical (unpaired) electrons. The highest BCUT2D eigenvalue weighted by Crippen LogP contribution is 2.48. The van der Waals surface area contributed by atoms with Gasteiger partial charge in [0.15, 0.2) is 0 Å². The maximum atomic E-state index is 14.6. The number of halogens is 1. The first-order valence-corrected chi connectivity index (χ1v) is 15.1. The van der Waals surface area contributed by atoms with Crippen LogP contribution in [0.3, 0.4) is 0 Å². The SMILES string of the molecule is CC1=CC2C(=S)N(Cc3ccccc3F)c3cc(C(=O)NCCCN4CCN(c5ccccc5)CC4)ccc3C2C1. The van der Waals surface area contributed by atoms with E-state index in [1.165, 1.54) is 22.9 Å². The molecule has 1 fully saturated rings. The third-order valence-corrected chi connectivity index (χ3v) is 9.18. The maximum Gasteiger partial charge on any atom is 0.251 e. The second-order valence-electron chi connectivity index (χ2n) is 11.4. The van der Waals surface area contributed by atoms with E-state index in [0.29, 0.717) is 24.2 Å². The number of carbonyl (C=O) groups is 1. The number of rotatable bonds is 8. The molecule has 0 saturated carbocycles. The van der Waals surface area contributed by atoms with Crippen molar-refractivity contribution in [2.75, 3.05) is 49.1 Å². The number of carbonyl (C=O) groups excluding carboxylic acids is 1. The summed E-state index contributed by atoms with van der Waals surface area (Å²) < 4.78 is 14.6. The number of nitrogens with one attached hydrogen (secondary N) is 1. The smallest absolute Gasteiger partial charge is 0.251 e. The molecule has 3 aromatic rings.